The minimum absolute atomic E-state index is 0.0339. The summed E-state index contributed by atoms with van der Waals surface area (Å²) in [6.45, 7) is 0.852. The average molecular weight is 416 g/mol. The van der Waals surface area contributed by atoms with E-state index in [1.807, 2.05) is 29.2 Å². The van der Waals surface area contributed by atoms with E-state index in [0.717, 1.165) is 35.5 Å². The van der Waals surface area contributed by atoms with E-state index in [0.29, 0.717) is 23.1 Å². The van der Waals surface area contributed by atoms with Crippen molar-refractivity contribution >= 4 is 23.6 Å². The number of benzene rings is 2. The van der Waals surface area contributed by atoms with Gasteiger partial charge in [0, 0.05) is 24.3 Å². The minimum atomic E-state index is -0.0563. The van der Waals surface area contributed by atoms with Gasteiger partial charge < -0.3 is 23.8 Å². The number of nitrogens with zero attached hydrogens (tertiary/aromatic N) is 1. The molecule has 2 aromatic rings. The number of ether oxygens (including phenoxy) is 4. The molecule has 0 spiro atoms. The van der Waals surface area contributed by atoms with Crippen LogP contribution in [0.2, 0.25) is 5.02 Å². The van der Waals surface area contributed by atoms with Crippen LogP contribution in [0.15, 0.2) is 36.4 Å². The maximum atomic E-state index is 12.9. The molecule has 1 atom stereocenters. The van der Waals surface area contributed by atoms with Crippen molar-refractivity contribution in [3.05, 3.63) is 52.6 Å². The standard InChI is InChI=1S/C22H22ClNO5/c1-26-15-6-7-16(19(12-15)27-2)18-4-3-9-24(18)21(25)8-5-14-10-17(23)22-20(11-14)28-13-29-22/h5-8,10-12,18H,3-4,9,13H2,1-2H3/b8-5+/t18-/m0/s1. The number of methoxy groups -OCH3 is 2. The zero-order valence-electron chi connectivity index (χ0n) is 16.3. The fourth-order valence-electron chi connectivity index (χ4n) is 3.79. The third-order valence-electron chi connectivity index (χ3n) is 5.20. The van der Waals surface area contributed by atoms with E-state index in [-0.39, 0.29) is 18.7 Å². The topological polar surface area (TPSA) is 57.2 Å². The van der Waals surface area contributed by atoms with Crippen LogP contribution in [0.3, 0.4) is 0 Å². The largest absolute Gasteiger partial charge is 0.497 e. The van der Waals surface area contributed by atoms with Gasteiger partial charge in [-0.2, -0.15) is 0 Å². The first kappa shape index (κ1) is 19.5. The van der Waals surface area contributed by atoms with Crippen LogP contribution in [0.5, 0.6) is 23.0 Å². The molecular weight excluding hydrogens is 394 g/mol. The Kier molecular flexibility index (Phi) is 5.53. The summed E-state index contributed by atoms with van der Waals surface area (Å²) in [5, 5.41) is 0.467. The summed E-state index contributed by atoms with van der Waals surface area (Å²) < 4.78 is 21.5. The highest BCUT2D eigenvalue weighted by atomic mass is 35.5. The van der Waals surface area contributed by atoms with E-state index in [9.17, 15) is 4.79 Å². The smallest absolute Gasteiger partial charge is 0.247 e. The molecule has 152 valence electrons. The molecule has 0 N–H and O–H groups in total. The van der Waals surface area contributed by atoms with Gasteiger partial charge in [-0.25, -0.2) is 0 Å². The highest BCUT2D eigenvalue weighted by Gasteiger charge is 2.31. The zero-order valence-corrected chi connectivity index (χ0v) is 17.1. The Morgan fingerprint density at radius 3 is 2.86 bits per heavy atom. The van der Waals surface area contributed by atoms with Gasteiger partial charge in [-0.3, -0.25) is 4.79 Å². The van der Waals surface area contributed by atoms with Crippen molar-refractivity contribution in [3.8, 4) is 23.0 Å². The van der Waals surface area contributed by atoms with Gasteiger partial charge in [0.1, 0.15) is 11.5 Å². The SMILES string of the molecule is COc1ccc([C@@H]2CCCN2C(=O)/C=C/c2cc(Cl)c3c(c2)OCO3)c(OC)c1. The van der Waals surface area contributed by atoms with Crippen molar-refractivity contribution in [2.24, 2.45) is 0 Å². The lowest BCUT2D eigenvalue weighted by molar-refractivity contribution is -0.126. The zero-order chi connectivity index (χ0) is 20.4. The molecule has 0 radical (unpaired) electrons. The van der Waals surface area contributed by atoms with Crippen LogP contribution in [-0.4, -0.2) is 38.4 Å². The molecule has 6 nitrogen and oxygen atoms in total. The molecule has 1 saturated heterocycles. The highest BCUT2D eigenvalue weighted by Crippen LogP contribution is 2.41. The molecule has 1 fully saturated rings. The Labute approximate surface area is 174 Å². The molecule has 29 heavy (non-hydrogen) atoms. The molecule has 0 unspecified atom stereocenters. The van der Waals surface area contributed by atoms with Crippen LogP contribution in [0.4, 0.5) is 0 Å². The second-order valence-electron chi connectivity index (χ2n) is 6.87. The molecule has 2 heterocycles. The highest BCUT2D eigenvalue weighted by molar-refractivity contribution is 6.32. The predicted molar refractivity (Wildman–Crippen MR) is 110 cm³/mol. The van der Waals surface area contributed by atoms with Crippen molar-refractivity contribution in [1.29, 1.82) is 0 Å². The Morgan fingerprint density at radius 2 is 2.07 bits per heavy atom. The summed E-state index contributed by atoms with van der Waals surface area (Å²) in [6, 6.07) is 9.24. The minimum Gasteiger partial charge on any atom is -0.497 e. The monoisotopic (exact) mass is 415 g/mol. The van der Waals surface area contributed by atoms with Crippen LogP contribution in [0, 0.1) is 0 Å². The van der Waals surface area contributed by atoms with Crippen LogP contribution >= 0.6 is 11.6 Å². The van der Waals surface area contributed by atoms with Gasteiger partial charge in [-0.1, -0.05) is 11.6 Å². The van der Waals surface area contributed by atoms with Gasteiger partial charge in [0.15, 0.2) is 11.5 Å². The van der Waals surface area contributed by atoms with Gasteiger partial charge >= 0.3 is 0 Å². The van der Waals surface area contributed by atoms with Crippen LogP contribution in [-0.2, 0) is 4.79 Å². The van der Waals surface area contributed by atoms with Crippen molar-refractivity contribution in [3.63, 3.8) is 0 Å². The molecule has 2 aliphatic rings. The first-order chi connectivity index (χ1) is 14.1. The maximum absolute atomic E-state index is 12.9. The van der Waals surface area contributed by atoms with E-state index in [1.54, 1.807) is 32.4 Å². The van der Waals surface area contributed by atoms with Gasteiger partial charge in [0.25, 0.3) is 0 Å². The fraction of sp³-hybridized carbons (Fsp3) is 0.318. The maximum Gasteiger partial charge on any atom is 0.247 e. The van der Waals surface area contributed by atoms with Crippen molar-refractivity contribution in [2.75, 3.05) is 27.6 Å². The Bertz CT molecular complexity index is 958. The Balaban J connectivity index is 1.54. The molecule has 2 aliphatic heterocycles. The second kappa shape index (κ2) is 8.25. The number of amides is 1. The molecule has 1 amide bonds. The Morgan fingerprint density at radius 1 is 1.21 bits per heavy atom. The Hall–Kier alpha value is -2.86. The fourth-order valence-corrected chi connectivity index (χ4v) is 4.07. The summed E-state index contributed by atoms with van der Waals surface area (Å²) >= 11 is 6.22. The molecule has 2 aromatic carbocycles. The van der Waals surface area contributed by atoms with Crippen LogP contribution in [0.1, 0.15) is 30.0 Å². The molecule has 0 saturated carbocycles. The van der Waals surface area contributed by atoms with Gasteiger partial charge in [-0.15, -0.1) is 0 Å². The number of carbonyl (C=O) groups is 1. The van der Waals surface area contributed by atoms with E-state index in [1.165, 1.54) is 0 Å². The average Bonchev–Trinajstić information content (AvgIpc) is 3.41. The molecule has 0 aromatic heterocycles. The van der Waals surface area contributed by atoms with Crippen molar-refractivity contribution in [2.45, 2.75) is 18.9 Å². The predicted octanol–water partition coefficient (Wildman–Crippen LogP) is 4.46. The number of likely N-dealkylation sites (tertiary alicyclic amines) is 1. The number of carbonyl (C=O) groups excluding carboxylic acids is 1. The van der Waals surface area contributed by atoms with Gasteiger partial charge in [0.2, 0.25) is 12.7 Å². The van der Waals surface area contributed by atoms with Crippen molar-refractivity contribution < 1.29 is 23.7 Å². The number of rotatable bonds is 5. The van der Waals surface area contributed by atoms with E-state index in [2.05, 4.69) is 0 Å². The summed E-state index contributed by atoms with van der Waals surface area (Å²) in [6.07, 6.45) is 5.15. The second-order valence-corrected chi connectivity index (χ2v) is 7.27. The quantitative estimate of drug-likeness (QED) is 0.675. The van der Waals surface area contributed by atoms with E-state index < -0.39 is 0 Å². The number of hydrogen-bond acceptors (Lipinski definition) is 5. The summed E-state index contributed by atoms with van der Waals surface area (Å²) in [5.41, 5.74) is 1.77. The van der Waals surface area contributed by atoms with Gasteiger partial charge in [-0.05, 0) is 48.7 Å². The third kappa shape index (κ3) is 3.85. The van der Waals surface area contributed by atoms with Crippen molar-refractivity contribution in [1.82, 2.24) is 4.90 Å². The van der Waals surface area contributed by atoms with E-state index in [4.69, 9.17) is 30.5 Å². The summed E-state index contributed by atoms with van der Waals surface area (Å²) in [4.78, 5) is 14.8. The molecule has 7 heteroatoms. The summed E-state index contributed by atoms with van der Waals surface area (Å²) in [7, 11) is 3.25. The van der Waals surface area contributed by atoms with Crippen LogP contribution in [0.25, 0.3) is 6.08 Å². The first-order valence-electron chi connectivity index (χ1n) is 9.40. The van der Waals surface area contributed by atoms with Crippen LogP contribution < -0.4 is 18.9 Å². The third-order valence-corrected chi connectivity index (χ3v) is 5.48. The first-order valence-corrected chi connectivity index (χ1v) is 9.78. The number of hydrogen-bond donors (Lipinski definition) is 0. The lowest BCUT2D eigenvalue weighted by atomic mass is 10.0. The molecule has 0 aliphatic carbocycles. The molecular formula is C22H22ClNO5. The molecule has 4 rings (SSSR count). The normalized spacial score (nSPS) is 17.8. The lowest BCUT2D eigenvalue weighted by Gasteiger charge is -2.25. The summed E-state index contributed by atoms with van der Waals surface area (Å²) in [5.74, 6) is 2.52. The number of halogens is 1. The number of fused-ring (bicyclic) bond motifs is 1. The molecule has 0 bridgehead atoms. The van der Waals surface area contributed by atoms with Gasteiger partial charge in [0.05, 0.1) is 25.3 Å². The van der Waals surface area contributed by atoms with E-state index >= 15 is 0 Å². The lowest BCUT2D eigenvalue weighted by Crippen LogP contribution is -2.29.